The van der Waals surface area contributed by atoms with Crippen LogP contribution >= 0.6 is 0 Å². The van der Waals surface area contributed by atoms with Crippen LogP contribution in [0.2, 0.25) is 0 Å². The standard InChI is InChI=1S/C11H12N2O2/c1-6-8-4-3-7(12)5-9(8)13-10(6)11(14)15-2/h3-5,13H,12H2,1-2H3. The van der Waals surface area contributed by atoms with Gasteiger partial charge in [0.15, 0.2) is 0 Å². The summed E-state index contributed by atoms with van der Waals surface area (Å²) in [6.07, 6.45) is 0. The molecular formula is C11H12N2O2. The fraction of sp³-hybridized carbons (Fsp3) is 0.182. The Hall–Kier alpha value is -1.97. The fourth-order valence-electron chi connectivity index (χ4n) is 1.66. The molecule has 0 atom stereocenters. The molecule has 15 heavy (non-hydrogen) atoms. The Labute approximate surface area is 87.0 Å². The van der Waals surface area contributed by atoms with Gasteiger partial charge >= 0.3 is 5.97 Å². The number of nitrogens with one attached hydrogen (secondary N) is 1. The summed E-state index contributed by atoms with van der Waals surface area (Å²) in [7, 11) is 1.36. The molecule has 1 aromatic heterocycles. The number of anilines is 1. The lowest BCUT2D eigenvalue weighted by Gasteiger charge is -1.95. The maximum atomic E-state index is 11.4. The molecule has 0 saturated heterocycles. The first kappa shape index (κ1) is 9.58. The normalized spacial score (nSPS) is 10.5. The molecule has 0 saturated carbocycles. The second-order valence-corrected chi connectivity index (χ2v) is 3.42. The van der Waals surface area contributed by atoms with Crippen molar-refractivity contribution in [3.8, 4) is 0 Å². The van der Waals surface area contributed by atoms with E-state index in [0.717, 1.165) is 16.5 Å². The zero-order chi connectivity index (χ0) is 11.0. The van der Waals surface area contributed by atoms with Crippen LogP contribution in [0.4, 0.5) is 5.69 Å². The zero-order valence-corrected chi connectivity index (χ0v) is 8.63. The number of esters is 1. The monoisotopic (exact) mass is 204 g/mol. The van der Waals surface area contributed by atoms with Gasteiger partial charge in [0.1, 0.15) is 5.69 Å². The first-order chi connectivity index (χ1) is 7.13. The van der Waals surface area contributed by atoms with E-state index in [-0.39, 0.29) is 5.97 Å². The minimum atomic E-state index is -0.359. The number of aromatic amines is 1. The summed E-state index contributed by atoms with van der Waals surface area (Å²) in [4.78, 5) is 14.4. The highest BCUT2D eigenvalue weighted by molar-refractivity contribution is 5.98. The quantitative estimate of drug-likeness (QED) is 0.550. The number of carbonyl (C=O) groups is 1. The van der Waals surface area contributed by atoms with E-state index in [1.807, 2.05) is 19.1 Å². The van der Waals surface area contributed by atoms with Gasteiger partial charge in [0, 0.05) is 16.6 Å². The van der Waals surface area contributed by atoms with Crippen LogP contribution in [0.25, 0.3) is 10.9 Å². The van der Waals surface area contributed by atoms with Gasteiger partial charge in [0.25, 0.3) is 0 Å². The van der Waals surface area contributed by atoms with E-state index in [4.69, 9.17) is 5.73 Å². The zero-order valence-electron chi connectivity index (χ0n) is 8.63. The molecule has 4 heteroatoms. The molecule has 0 radical (unpaired) electrons. The Kier molecular flexibility index (Phi) is 2.11. The molecule has 3 N–H and O–H groups in total. The lowest BCUT2D eigenvalue weighted by Crippen LogP contribution is -2.02. The number of methoxy groups -OCH3 is 1. The van der Waals surface area contributed by atoms with Gasteiger partial charge in [-0.05, 0) is 24.6 Å². The third kappa shape index (κ3) is 1.44. The van der Waals surface area contributed by atoms with E-state index in [1.54, 1.807) is 6.07 Å². The van der Waals surface area contributed by atoms with E-state index in [9.17, 15) is 4.79 Å². The van der Waals surface area contributed by atoms with E-state index < -0.39 is 0 Å². The number of aryl methyl sites for hydroxylation is 1. The van der Waals surface area contributed by atoms with Crippen LogP contribution in [0.1, 0.15) is 16.1 Å². The van der Waals surface area contributed by atoms with Gasteiger partial charge in [-0.1, -0.05) is 6.07 Å². The molecule has 0 aliphatic rings. The summed E-state index contributed by atoms with van der Waals surface area (Å²) in [6.45, 7) is 1.88. The molecule has 0 unspecified atom stereocenters. The smallest absolute Gasteiger partial charge is 0.354 e. The maximum absolute atomic E-state index is 11.4. The van der Waals surface area contributed by atoms with Crippen molar-refractivity contribution >= 4 is 22.6 Å². The molecule has 0 spiro atoms. The lowest BCUT2D eigenvalue weighted by atomic mass is 10.1. The van der Waals surface area contributed by atoms with Crippen molar-refractivity contribution in [2.45, 2.75) is 6.92 Å². The van der Waals surface area contributed by atoms with Crippen LogP contribution in [0.15, 0.2) is 18.2 Å². The van der Waals surface area contributed by atoms with Crippen LogP contribution in [0.5, 0.6) is 0 Å². The highest BCUT2D eigenvalue weighted by atomic mass is 16.5. The van der Waals surface area contributed by atoms with Crippen LogP contribution in [-0.4, -0.2) is 18.1 Å². The van der Waals surface area contributed by atoms with Crippen molar-refractivity contribution in [2.75, 3.05) is 12.8 Å². The van der Waals surface area contributed by atoms with Gasteiger partial charge in [-0.3, -0.25) is 0 Å². The van der Waals surface area contributed by atoms with Crippen LogP contribution in [-0.2, 0) is 4.74 Å². The number of nitrogen functional groups attached to an aromatic ring is 1. The number of hydrogen-bond donors (Lipinski definition) is 2. The lowest BCUT2D eigenvalue weighted by molar-refractivity contribution is 0.0594. The first-order valence-electron chi connectivity index (χ1n) is 4.59. The van der Waals surface area contributed by atoms with Gasteiger partial charge in [0.05, 0.1) is 7.11 Å². The Bertz CT molecular complexity index is 529. The van der Waals surface area contributed by atoms with Gasteiger partial charge in [-0.2, -0.15) is 0 Å². The van der Waals surface area contributed by atoms with E-state index in [1.165, 1.54) is 7.11 Å². The largest absolute Gasteiger partial charge is 0.464 e. The van der Waals surface area contributed by atoms with Gasteiger partial charge in [-0.15, -0.1) is 0 Å². The molecule has 0 fully saturated rings. The predicted molar refractivity (Wildman–Crippen MR) is 58.8 cm³/mol. The van der Waals surface area contributed by atoms with Gasteiger partial charge < -0.3 is 15.5 Å². The molecule has 1 heterocycles. The Morgan fingerprint density at radius 2 is 2.20 bits per heavy atom. The molecule has 0 bridgehead atoms. The molecule has 0 amide bonds. The third-order valence-electron chi connectivity index (χ3n) is 2.47. The summed E-state index contributed by atoms with van der Waals surface area (Å²) < 4.78 is 4.68. The number of hydrogen-bond acceptors (Lipinski definition) is 3. The summed E-state index contributed by atoms with van der Waals surface area (Å²) in [6, 6.07) is 5.50. The Morgan fingerprint density at radius 3 is 2.87 bits per heavy atom. The molecule has 2 rings (SSSR count). The minimum absolute atomic E-state index is 0.359. The molecule has 0 aliphatic heterocycles. The number of benzene rings is 1. The van der Waals surface area contributed by atoms with E-state index in [0.29, 0.717) is 11.4 Å². The van der Waals surface area contributed by atoms with Crippen molar-refractivity contribution in [2.24, 2.45) is 0 Å². The second kappa shape index (κ2) is 3.31. The molecule has 2 aromatic rings. The molecule has 1 aromatic carbocycles. The summed E-state index contributed by atoms with van der Waals surface area (Å²) in [5.74, 6) is -0.359. The Morgan fingerprint density at radius 1 is 1.47 bits per heavy atom. The number of ether oxygens (including phenoxy) is 1. The third-order valence-corrected chi connectivity index (χ3v) is 2.47. The van der Waals surface area contributed by atoms with Crippen molar-refractivity contribution in [3.05, 3.63) is 29.5 Å². The fourth-order valence-corrected chi connectivity index (χ4v) is 1.66. The topological polar surface area (TPSA) is 68.1 Å². The van der Waals surface area contributed by atoms with Crippen molar-refractivity contribution in [1.82, 2.24) is 4.98 Å². The number of fused-ring (bicyclic) bond motifs is 1. The summed E-state index contributed by atoms with van der Waals surface area (Å²) in [5.41, 5.74) is 8.55. The average Bonchev–Trinajstić information content (AvgIpc) is 2.54. The van der Waals surface area contributed by atoms with Crippen LogP contribution in [0, 0.1) is 6.92 Å². The first-order valence-corrected chi connectivity index (χ1v) is 4.59. The van der Waals surface area contributed by atoms with Gasteiger partial charge in [0.2, 0.25) is 0 Å². The minimum Gasteiger partial charge on any atom is -0.464 e. The number of nitrogens with two attached hydrogens (primary N) is 1. The predicted octanol–water partition coefficient (Wildman–Crippen LogP) is 1.85. The maximum Gasteiger partial charge on any atom is 0.354 e. The van der Waals surface area contributed by atoms with Crippen molar-refractivity contribution in [1.29, 1.82) is 0 Å². The number of H-pyrrole nitrogens is 1. The molecular weight excluding hydrogens is 192 g/mol. The summed E-state index contributed by atoms with van der Waals surface area (Å²) >= 11 is 0. The number of rotatable bonds is 1. The second-order valence-electron chi connectivity index (χ2n) is 3.42. The van der Waals surface area contributed by atoms with Crippen LogP contribution in [0.3, 0.4) is 0 Å². The van der Waals surface area contributed by atoms with Gasteiger partial charge in [-0.25, -0.2) is 4.79 Å². The highest BCUT2D eigenvalue weighted by Gasteiger charge is 2.14. The molecule has 4 nitrogen and oxygen atoms in total. The van der Waals surface area contributed by atoms with Crippen LogP contribution < -0.4 is 5.73 Å². The summed E-state index contributed by atoms with van der Waals surface area (Å²) in [5, 5.41) is 0.990. The molecule has 0 aliphatic carbocycles. The number of aromatic nitrogens is 1. The van der Waals surface area contributed by atoms with E-state index >= 15 is 0 Å². The SMILES string of the molecule is COC(=O)c1[nH]c2cc(N)ccc2c1C. The average molecular weight is 204 g/mol. The Balaban J connectivity index is 2.69. The number of carbonyl (C=O) groups excluding carboxylic acids is 1. The molecule has 78 valence electrons. The van der Waals surface area contributed by atoms with Crippen molar-refractivity contribution < 1.29 is 9.53 Å². The van der Waals surface area contributed by atoms with Crippen molar-refractivity contribution in [3.63, 3.8) is 0 Å². The highest BCUT2D eigenvalue weighted by Crippen LogP contribution is 2.23. The van der Waals surface area contributed by atoms with E-state index in [2.05, 4.69) is 9.72 Å².